The van der Waals surface area contributed by atoms with Gasteiger partial charge in [0.2, 0.25) is 0 Å². The molecule has 0 radical (unpaired) electrons. The standard InChI is InChI=1S/C11H10ClN7/c1-18-5-4-10(15-18)19-11(14-16-17-19)8-3-2-7(12)6-9(8)13/h2-6H,13H2,1H3. The van der Waals surface area contributed by atoms with Gasteiger partial charge in [-0.15, -0.1) is 5.10 Å². The van der Waals surface area contributed by atoms with Crippen molar-refractivity contribution >= 4 is 17.3 Å². The summed E-state index contributed by atoms with van der Waals surface area (Å²) in [7, 11) is 1.82. The first kappa shape index (κ1) is 11.7. The van der Waals surface area contributed by atoms with Gasteiger partial charge in [0, 0.05) is 35.6 Å². The van der Waals surface area contributed by atoms with Gasteiger partial charge < -0.3 is 5.73 Å². The second kappa shape index (κ2) is 4.36. The van der Waals surface area contributed by atoms with Gasteiger partial charge in [0.25, 0.3) is 0 Å². The van der Waals surface area contributed by atoms with E-state index in [0.29, 0.717) is 27.9 Å². The van der Waals surface area contributed by atoms with Gasteiger partial charge in [0.15, 0.2) is 11.6 Å². The Balaban J connectivity index is 2.14. The number of rotatable bonds is 2. The fourth-order valence-electron chi connectivity index (χ4n) is 1.76. The molecular formula is C11H10ClN7. The molecule has 2 heterocycles. The highest BCUT2D eigenvalue weighted by atomic mass is 35.5. The van der Waals surface area contributed by atoms with Crippen LogP contribution in [0.4, 0.5) is 5.69 Å². The molecule has 0 unspecified atom stereocenters. The van der Waals surface area contributed by atoms with Crippen LogP contribution in [-0.4, -0.2) is 30.0 Å². The summed E-state index contributed by atoms with van der Waals surface area (Å²) in [5.74, 6) is 1.14. The summed E-state index contributed by atoms with van der Waals surface area (Å²) in [5.41, 5.74) is 7.17. The summed E-state index contributed by atoms with van der Waals surface area (Å²) in [6, 6.07) is 6.99. The highest BCUT2D eigenvalue weighted by Crippen LogP contribution is 2.27. The number of tetrazole rings is 1. The van der Waals surface area contributed by atoms with Crippen LogP contribution >= 0.6 is 11.6 Å². The third kappa shape index (κ3) is 2.04. The molecule has 0 atom stereocenters. The zero-order chi connectivity index (χ0) is 13.4. The zero-order valence-corrected chi connectivity index (χ0v) is 10.8. The van der Waals surface area contributed by atoms with Crippen LogP contribution < -0.4 is 5.73 Å². The third-order valence-electron chi connectivity index (χ3n) is 2.64. The van der Waals surface area contributed by atoms with Gasteiger partial charge >= 0.3 is 0 Å². The molecule has 7 nitrogen and oxygen atoms in total. The van der Waals surface area contributed by atoms with Crippen molar-refractivity contribution in [1.29, 1.82) is 0 Å². The number of nitrogens with zero attached hydrogens (tertiary/aromatic N) is 6. The van der Waals surface area contributed by atoms with Crippen molar-refractivity contribution in [3.05, 3.63) is 35.5 Å². The van der Waals surface area contributed by atoms with Crippen LogP contribution in [-0.2, 0) is 7.05 Å². The van der Waals surface area contributed by atoms with E-state index in [-0.39, 0.29) is 0 Å². The minimum absolute atomic E-state index is 0.513. The monoisotopic (exact) mass is 275 g/mol. The van der Waals surface area contributed by atoms with Gasteiger partial charge in [-0.05, 0) is 28.6 Å². The fraction of sp³-hybridized carbons (Fsp3) is 0.0909. The lowest BCUT2D eigenvalue weighted by Gasteiger charge is -2.05. The van der Waals surface area contributed by atoms with Crippen molar-refractivity contribution in [2.45, 2.75) is 0 Å². The Morgan fingerprint density at radius 3 is 2.79 bits per heavy atom. The van der Waals surface area contributed by atoms with E-state index in [2.05, 4.69) is 20.6 Å². The number of aryl methyl sites for hydroxylation is 1. The minimum atomic E-state index is 0.513. The van der Waals surface area contributed by atoms with Crippen LogP contribution in [0.25, 0.3) is 17.2 Å². The van der Waals surface area contributed by atoms with Crippen molar-refractivity contribution in [2.75, 3.05) is 5.73 Å². The Bertz CT molecular complexity index is 730. The molecule has 0 fully saturated rings. The Morgan fingerprint density at radius 2 is 2.11 bits per heavy atom. The van der Waals surface area contributed by atoms with Gasteiger partial charge in [0.1, 0.15) is 0 Å². The number of nitrogens with two attached hydrogens (primary N) is 1. The van der Waals surface area contributed by atoms with E-state index >= 15 is 0 Å². The normalized spacial score (nSPS) is 10.8. The van der Waals surface area contributed by atoms with Gasteiger partial charge in [-0.1, -0.05) is 11.6 Å². The molecule has 0 saturated heterocycles. The fourth-order valence-corrected chi connectivity index (χ4v) is 1.94. The molecule has 0 bridgehead atoms. The molecule has 2 N–H and O–H groups in total. The Morgan fingerprint density at radius 1 is 1.26 bits per heavy atom. The first-order valence-corrected chi connectivity index (χ1v) is 5.87. The van der Waals surface area contributed by atoms with Gasteiger partial charge in [-0.25, -0.2) is 0 Å². The maximum Gasteiger partial charge on any atom is 0.191 e. The number of benzene rings is 1. The molecule has 2 aromatic heterocycles. The second-order valence-electron chi connectivity index (χ2n) is 3.99. The van der Waals surface area contributed by atoms with Gasteiger partial charge in [0.05, 0.1) is 0 Å². The van der Waals surface area contributed by atoms with E-state index in [1.165, 1.54) is 4.68 Å². The van der Waals surface area contributed by atoms with Crippen molar-refractivity contribution in [3.8, 4) is 17.2 Å². The predicted octanol–water partition coefficient (Wildman–Crippen LogP) is 1.30. The lowest BCUT2D eigenvalue weighted by atomic mass is 10.1. The topological polar surface area (TPSA) is 87.4 Å². The van der Waals surface area contributed by atoms with Gasteiger partial charge in [-0.2, -0.15) is 9.78 Å². The average molecular weight is 276 g/mol. The summed E-state index contributed by atoms with van der Waals surface area (Å²) in [5, 5.41) is 16.4. The summed E-state index contributed by atoms with van der Waals surface area (Å²) in [6.45, 7) is 0. The number of aromatic nitrogens is 6. The Hall–Kier alpha value is -2.41. The number of anilines is 1. The minimum Gasteiger partial charge on any atom is -0.398 e. The first-order chi connectivity index (χ1) is 9.15. The van der Waals surface area contributed by atoms with E-state index in [9.17, 15) is 0 Å². The SMILES string of the molecule is Cn1ccc(-n2nnnc2-c2ccc(Cl)cc2N)n1. The molecule has 8 heteroatoms. The highest BCUT2D eigenvalue weighted by Gasteiger charge is 2.15. The molecule has 0 spiro atoms. The van der Waals surface area contributed by atoms with Crippen LogP contribution in [0.5, 0.6) is 0 Å². The van der Waals surface area contributed by atoms with Crippen molar-refractivity contribution < 1.29 is 0 Å². The first-order valence-electron chi connectivity index (χ1n) is 5.49. The van der Waals surface area contributed by atoms with Crippen LogP contribution in [0.3, 0.4) is 0 Å². The van der Waals surface area contributed by atoms with E-state index in [0.717, 1.165) is 0 Å². The van der Waals surface area contributed by atoms with E-state index in [1.54, 1.807) is 22.9 Å². The second-order valence-corrected chi connectivity index (χ2v) is 4.43. The number of hydrogen-bond donors (Lipinski definition) is 1. The van der Waals surface area contributed by atoms with Crippen LogP contribution in [0.1, 0.15) is 0 Å². The molecular weight excluding hydrogens is 266 g/mol. The predicted molar refractivity (Wildman–Crippen MR) is 70.8 cm³/mol. The summed E-state index contributed by atoms with van der Waals surface area (Å²) in [6.07, 6.45) is 1.81. The van der Waals surface area contributed by atoms with Crippen molar-refractivity contribution in [1.82, 2.24) is 30.0 Å². The lowest BCUT2D eigenvalue weighted by molar-refractivity contribution is 0.715. The van der Waals surface area contributed by atoms with Crippen molar-refractivity contribution in [3.63, 3.8) is 0 Å². The average Bonchev–Trinajstić information content (AvgIpc) is 2.97. The largest absolute Gasteiger partial charge is 0.398 e. The van der Waals surface area contributed by atoms with Crippen LogP contribution in [0.15, 0.2) is 30.5 Å². The van der Waals surface area contributed by atoms with E-state index < -0.39 is 0 Å². The Kier molecular flexibility index (Phi) is 2.68. The van der Waals surface area contributed by atoms with Crippen molar-refractivity contribution in [2.24, 2.45) is 7.05 Å². The summed E-state index contributed by atoms with van der Waals surface area (Å²) < 4.78 is 3.20. The Labute approximate surface area is 113 Å². The molecule has 1 aromatic carbocycles. The smallest absolute Gasteiger partial charge is 0.191 e. The molecule has 0 aliphatic rings. The number of nitrogen functional groups attached to an aromatic ring is 1. The molecule has 3 rings (SSSR count). The number of hydrogen-bond acceptors (Lipinski definition) is 5. The molecule has 19 heavy (non-hydrogen) atoms. The maximum atomic E-state index is 5.95. The molecule has 0 aliphatic carbocycles. The lowest BCUT2D eigenvalue weighted by Crippen LogP contribution is -2.03. The third-order valence-corrected chi connectivity index (χ3v) is 2.88. The van der Waals surface area contributed by atoms with Gasteiger partial charge in [-0.3, -0.25) is 4.68 Å². The number of halogens is 1. The molecule has 3 aromatic rings. The molecule has 96 valence electrons. The quantitative estimate of drug-likeness (QED) is 0.712. The maximum absolute atomic E-state index is 5.95. The highest BCUT2D eigenvalue weighted by molar-refractivity contribution is 6.31. The summed E-state index contributed by atoms with van der Waals surface area (Å²) in [4.78, 5) is 0. The zero-order valence-electron chi connectivity index (χ0n) is 10.0. The summed E-state index contributed by atoms with van der Waals surface area (Å²) >= 11 is 5.88. The molecule has 0 amide bonds. The molecule has 0 aliphatic heterocycles. The van der Waals surface area contributed by atoms with Crippen LogP contribution in [0.2, 0.25) is 5.02 Å². The molecule has 0 saturated carbocycles. The van der Waals surface area contributed by atoms with E-state index in [1.807, 2.05) is 19.3 Å². The van der Waals surface area contributed by atoms with Crippen LogP contribution in [0, 0.1) is 0 Å². The van der Waals surface area contributed by atoms with E-state index in [4.69, 9.17) is 17.3 Å².